The first-order valence-electron chi connectivity index (χ1n) is 11.3. The molecule has 0 saturated carbocycles. The van der Waals surface area contributed by atoms with Crippen molar-refractivity contribution in [2.24, 2.45) is 0 Å². The summed E-state index contributed by atoms with van der Waals surface area (Å²) in [5.41, 5.74) is 0.442. The van der Waals surface area contributed by atoms with Crippen molar-refractivity contribution in [2.45, 2.75) is 31.8 Å². The predicted molar refractivity (Wildman–Crippen MR) is 127 cm³/mol. The molecule has 3 aromatic rings. The van der Waals surface area contributed by atoms with Crippen LogP contribution in [0.15, 0.2) is 65.6 Å². The highest BCUT2D eigenvalue weighted by Crippen LogP contribution is 2.32. The minimum Gasteiger partial charge on any atom is -0.497 e. The third-order valence-corrected chi connectivity index (χ3v) is 5.98. The van der Waals surface area contributed by atoms with Crippen LogP contribution >= 0.6 is 0 Å². The maximum absolute atomic E-state index is 13.5. The van der Waals surface area contributed by atoms with E-state index in [4.69, 9.17) is 4.74 Å². The van der Waals surface area contributed by atoms with Crippen LogP contribution in [0.1, 0.15) is 28.8 Å². The zero-order valence-electron chi connectivity index (χ0n) is 19.9. The molecule has 0 aliphatic carbocycles. The van der Waals surface area contributed by atoms with Gasteiger partial charge >= 0.3 is 6.36 Å². The monoisotopic (exact) mass is 516 g/mol. The molecule has 1 unspecified atom stereocenters. The number of nitrogens with zero attached hydrogens (tertiary/aromatic N) is 3. The first-order valence-corrected chi connectivity index (χ1v) is 11.3. The van der Waals surface area contributed by atoms with Crippen molar-refractivity contribution in [3.8, 4) is 11.5 Å². The van der Waals surface area contributed by atoms with Gasteiger partial charge in [0.25, 0.3) is 11.5 Å². The highest BCUT2D eigenvalue weighted by molar-refractivity contribution is 6.04. The van der Waals surface area contributed by atoms with Gasteiger partial charge in [-0.2, -0.15) is 5.10 Å². The number of benzene rings is 2. The number of halogens is 3. The van der Waals surface area contributed by atoms with Crippen molar-refractivity contribution in [2.75, 3.05) is 18.6 Å². The Kier molecular flexibility index (Phi) is 7.18. The molecule has 12 heteroatoms. The number of anilines is 1. The third-order valence-electron chi connectivity index (χ3n) is 5.98. The number of amides is 2. The van der Waals surface area contributed by atoms with Crippen LogP contribution in [-0.4, -0.2) is 47.7 Å². The summed E-state index contributed by atoms with van der Waals surface area (Å²) in [6, 6.07) is 11.7. The number of hydrogen-bond acceptors (Lipinski definition) is 6. The lowest BCUT2D eigenvalue weighted by Gasteiger charge is -2.19. The standard InChI is InChI=1S/C25H23F3N4O5/c1-3-32-23(34)20(12-13-29-32)31-14-19(15-4-8-17(36-2)9-5-15)21(24(31)35)30-22(33)16-6-10-18(11-7-16)37-25(26,27)28/h4-13,19,21H,3,14H2,1-2H3,(H,30,33)/t19-,21?/m0/s1. The zero-order chi connectivity index (χ0) is 26.7. The molecule has 194 valence electrons. The van der Waals surface area contributed by atoms with Crippen molar-refractivity contribution < 1.29 is 32.2 Å². The summed E-state index contributed by atoms with van der Waals surface area (Å²) in [5.74, 6) is -1.58. The number of methoxy groups -OCH3 is 1. The maximum Gasteiger partial charge on any atom is 0.573 e. The van der Waals surface area contributed by atoms with E-state index in [1.807, 2.05) is 0 Å². The van der Waals surface area contributed by atoms with E-state index >= 15 is 0 Å². The van der Waals surface area contributed by atoms with Crippen LogP contribution in [-0.2, 0) is 11.3 Å². The van der Waals surface area contributed by atoms with Crippen LogP contribution in [0.3, 0.4) is 0 Å². The molecule has 0 radical (unpaired) electrons. The Morgan fingerprint density at radius 2 is 1.70 bits per heavy atom. The van der Waals surface area contributed by atoms with Crippen molar-refractivity contribution in [1.29, 1.82) is 0 Å². The number of hydrogen-bond donors (Lipinski definition) is 1. The van der Waals surface area contributed by atoms with E-state index in [1.165, 1.54) is 41.1 Å². The van der Waals surface area contributed by atoms with Gasteiger partial charge in [-0.3, -0.25) is 14.4 Å². The molecular weight excluding hydrogens is 493 g/mol. The minimum absolute atomic E-state index is 0.0338. The molecule has 1 saturated heterocycles. The number of nitrogens with one attached hydrogen (secondary N) is 1. The van der Waals surface area contributed by atoms with E-state index in [9.17, 15) is 27.6 Å². The van der Waals surface area contributed by atoms with E-state index < -0.39 is 41.4 Å². The minimum atomic E-state index is -4.86. The Bertz CT molecular complexity index is 1340. The Labute approximate surface area is 209 Å². The van der Waals surface area contributed by atoms with Gasteiger partial charge in [-0.25, -0.2) is 4.68 Å². The SMILES string of the molecule is CCn1nccc(N2C[C@@H](c3ccc(OC)cc3)C(NC(=O)c3ccc(OC(F)(F)F)cc3)C2=O)c1=O. The molecule has 1 aliphatic heterocycles. The Morgan fingerprint density at radius 3 is 2.30 bits per heavy atom. The van der Waals surface area contributed by atoms with Gasteiger partial charge in [0.15, 0.2) is 0 Å². The van der Waals surface area contributed by atoms with Crippen LogP contribution in [0, 0.1) is 0 Å². The Balaban J connectivity index is 1.64. The topological polar surface area (TPSA) is 103 Å². The summed E-state index contributed by atoms with van der Waals surface area (Å²) >= 11 is 0. The number of aromatic nitrogens is 2. The third kappa shape index (κ3) is 5.57. The molecule has 37 heavy (non-hydrogen) atoms. The summed E-state index contributed by atoms with van der Waals surface area (Å²) in [6.45, 7) is 2.17. The average Bonchev–Trinajstić information content (AvgIpc) is 3.19. The molecule has 2 atom stereocenters. The lowest BCUT2D eigenvalue weighted by atomic mass is 9.93. The molecular formula is C25H23F3N4O5. The fraction of sp³-hybridized carbons (Fsp3) is 0.280. The van der Waals surface area contributed by atoms with Crippen LogP contribution in [0.4, 0.5) is 18.9 Å². The van der Waals surface area contributed by atoms with Crippen molar-refractivity contribution in [3.63, 3.8) is 0 Å². The fourth-order valence-corrected chi connectivity index (χ4v) is 4.16. The maximum atomic E-state index is 13.5. The highest BCUT2D eigenvalue weighted by atomic mass is 19.4. The Morgan fingerprint density at radius 1 is 1.05 bits per heavy atom. The number of aryl methyl sites for hydroxylation is 1. The second-order valence-electron chi connectivity index (χ2n) is 8.19. The lowest BCUT2D eigenvalue weighted by molar-refractivity contribution is -0.274. The second kappa shape index (κ2) is 10.3. The van der Waals surface area contributed by atoms with Crippen LogP contribution < -0.4 is 25.2 Å². The molecule has 2 amide bonds. The smallest absolute Gasteiger partial charge is 0.497 e. The van der Waals surface area contributed by atoms with Crippen LogP contribution in [0.25, 0.3) is 0 Å². The number of rotatable bonds is 7. The molecule has 2 heterocycles. The number of ether oxygens (including phenoxy) is 2. The molecule has 1 aliphatic rings. The summed E-state index contributed by atoms with van der Waals surface area (Å²) in [4.78, 5) is 40.7. The van der Waals surface area contributed by atoms with E-state index in [2.05, 4.69) is 15.2 Å². The van der Waals surface area contributed by atoms with Crippen molar-refractivity contribution in [3.05, 3.63) is 82.3 Å². The van der Waals surface area contributed by atoms with E-state index in [0.29, 0.717) is 12.3 Å². The molecule has 9 nitrogen and oxygen atoms in total. The van der Waals surface area contributed by atoms with Gasteiger partial charge in [0.05, 0.1) is 7.11 Å². The first kappa shape index (κ1) is 25.7. The fourth-order valence-electron chi connectivity index (χ4n) is 4.16. The van der Waals surface area contributed by atoms with Gasteiger partial charge in [0.1, 0.15) is 23.2 Å². The largest absolute Gasteiger partial charge is 0.573 e. The quantitative estimate of drug-likeness (QED) is 0.518. The summed E-state index contributed by atoms with van der Waals surface area (Å²) in [5, 5.41) is 6.68. The van der Waals surface area contributed by atoms with E-state index in [-0.39, 0.29) is 17.8 Å². The number of carbonyl (C=O) groups is 2. The van der Waals surface area contributed by atoms with Gasteiger partial charge in [-0.05, 0) is 55.0 Å². The summed E-state index contributed by atoms with van der Waals surface area (Å²) in [7, 11) is 1.52. The molecule has 2 aromatic carbocycles. The second-order valence-corrected chi connectivity index (χ2v) is 8.19. The van der Waals surface area contributed by atoms with Gasteiger partial charge < -0.3 is 19.7 Å². The summed E-state index contributed by atoms with van der Waals surface area (Å²) < 4.78 is 47.6. The van der Waals surface area contributed by atoms with E-state index in [0.717, 1.165) is 17.7 Å². The number of carbonyl (C=O) groups excluding carboxylic acids is 2. The van der Waals surface area contributed by atoms with Gasteiger partial charge in [0, 0.05) is 30.8 Å². The van der Waals surface area contributed by atoms with Gasteiger partial charge in [-0.15, -0.1) is 13.2 Å². The van der Waals surface area contributed by atoms with Gasteiger partial charge in [0.2, 0.25) is 5.91 Å². The summed E-state index contributed by atoms with van der Waals surface area (Å²) in [6.07, 6.45) is -3.44. The normalized spacial score (nSPS) is 17.5. The van der Waals surface area contributed by atoms with E-state index in [1.54, 1.807) is 31.2 Å². The molecule has 1 aromatic heterocycles. The molecule has 4 rings (SSSR count). The van der Waals surface area contributed by atoms with Crippen LogP contribution in [0.5, 0.6) is 11.5 Å². The van der Waals surface area contributed by atoms with Crippen LogP contribution in [0.2, 0.25) is 0 Å². The highest BCUT2D eigenvalue weighted by Gasteiger charge is 2.43. The predicted octanol–water partition coefficient (Wildman–Crippen LogP) is 3.10. The molecule has 0 spiro atoms. The molecule has 0 bridgehead atoms. The lowest BCUT2D eigenvalue weighted by Crippen LogP contribution is -2.44. The molecule has 1 fully saturated rings. The van der Waals surface area contributed by atoms with Crippen molar-refractivity contribution in [1.82, 2.24) is 15.1 Å². The zero-order valence-corrected chi connectivity index (χ0v) is 19.9. The average molecular weight is 516 g/mol. The first-order chi connectivity index (χ1) is 17.6. The molecule has 1 N–H and O–H groups in total. The Hall–Kier alpha value is -4.35. The van der Waals surface area contributed by atoms with Gasteiger partial charge in [-0.1, -0.05) is 12.1 Å². The van der Waals surface area contributed by atoms with Crippen molar-refractivity contribution >= 4 is 17.5 Å². The number of alkyl halides is 3.